The lowest BCUT2D eigenvalue weighted by atomic mass is 9.94. The van der Waals surface area contributed by atoms with Crippen molar-refractivity contribution in [3.63, 3.8) is 0 Å². The number of amides is 5. The van der Waals surface area contributed by atoms with E-state index in [9.17, 15) is 24.0 Å². The number of benzene rings is 1. The number of hydrogen-bond donors (Lipinski definition) is 3. The van der Waals surface area contributed by atoms with Gasteiger partial charge in [0.1, 0.15) is 23.0 Å². The summed E-state index contributed by atoms with van der Waals surface area (Å²) in [6.45, 7) is 8.48. The van der Waals surface area contributed by atoms with Crippen molar-refractivity contribution in [2.24, 2.45) is 17.8 Å². The number of likely N-dealkylation sites (tertiary alicyclic amines) is 1. The number of piperidine rings is 1. The van der Waals surface area contributed by atoms with Crippen LogP contribution < -0.4 is 16.0 Å². The highest BCUT2D eigenvalue weighted by atomic mass is 32.1. The average molecular weight is 678 g/mol. The third-order valence-electron chi connectivity index (χ3n) is 8.61. The fraction of sp³-hybridized carbons (Fsp3) is 0.500. The second kappa shape index (κ2) is 15.5. The summed E-state index contributed by atoms with van der Waals surface area (Å²) in [6.07, 6.45) is 2.58. The lowest BCUT2D eigenvalue weighted by Crippen LogP contribution is -2.50. The van der Waals surface area contributed by atoms with Crippen LogP contribution in [0.3, 0.4) is 0 Å². The maximum absolute atomic E-state index is 13.8. The van der Waals surface area contributed by atoms with E-state index < -0.39 is 23.9 Å². The van der Waals surface area contributed by atoms with Gasteiger partial charge >= 0.3 is 0 Å². The van der Waals surface area contributed by atoms with Crippen LogP contribution in [0.25, 0.3) is 0 Å². The Labute approximate surface area is 283 Å². The molecule has 48 heavy (non-hydrogen) atoms. The van der Waals surface area contributed by atoms with E-state index in [1.165, 1.54) is 22.5 Å². The largest absolute Gasteiger partial charge is 0.446 e. The molecule has 5 amide bonds. The number of oxazole rings is 1. The van der Waals surface area contributed by atoms with Gasteiger partial charge in [0.05, 0.1) is 12.6 Å². The molecule has 2 aliphatic heterocycles. The summed E-state index contributed by atoms with van der Waals surface area (Å²) in [4.78, 5) is 78.6. The monoisotopic (exact) mass is 677 g/mol. The third-order valence-corrected chi connectivity index (χ3v) is 9.54. The van der Waals surface area contributed by atoms with Crippen LogP contribution in [-0.4, -0.2) is 82.0 Å². The van der Waals surface area contributed by atoms with Gasteiger partial charge in [0, 0.05) is 49.8 Å². The first-order valence-electron chi connectivity index (χ1n) is 16.4. The average Bonchev–Trinajstić information content (AvgIpc) is 3.77. The zero-order valence-electron chi connectivity index (χ0n) is 27.7. The van der Waals surface area contributed by atoms with Crippen molar-refractivity contribution in [2.75, 3.05) is 32.7 Å². The lowest BCUT2D eigenvalue weighted by Gasteiger charge is -2.35. The van der Waals surface area contributed by atoms with Crippen LogP contribution in [0.4, 0.5) is 0 Å². The minimum Gasteiger partial charge on any atom is -0.446 e. The number of nitrogens with zero attached hydrogens (tertiary/aromatic N) is 4. The first kappa shape index (κ1) is 34.7. The van der Waals surface area contributed by atoms with Gasteiger partial charge in [-0.3, -0.25) is 24.0 Å². The smallest absolute Gasteiger partial charge is 0.273 e. The topological polar surface area (TPSA) is 167 Å². The molecule has 0 aliphatic carbocycles. The van der Waals surface area contributed by atoms with Crippen molar-refractivity contribution in [3.8, 4) is 0 Å². The summed E-state index contributed by atoms with van der Waals surface area (Å²) < 4.78 is 5.71. The van der Waals surface area contributed by atoms with Crippen molar-refractivity contribution < 1.29 is 28.4 Å². The molecule has 14 heteroatoms. The number of hydrogen-bond acceptors (Lipinski definition) is 9. The predicted molar refractivity (Wildman–Crippen MR) is 178 cm³/mol. The van der Waals surface area contributed by atoms with Crippen LogP contribution in [0.1, 0.15) is 90.1 Å². The van der Waals surface area contributed by atoms with Crippen LogP contribution in [0.2, 0.25) is 0 Å². The minimum absolute atomic E-state index is 0.0203. The van der Waals surface area contributed by atoms with Crippen LogP contribution in [-0.2, 0) is 20.8 Å². The van der Waals surface area contributed by atoms with Gasteiger partial charge in [0.2, 0.25) is 23.6 Å². The van der Waals surface area contributed by atoms with Crippen molar-refractivity contribution in [2.45, 2.75) is 59.0 Å². The molecule has 2 aliphatic rings. The molecule has 1 aromatic carbocycles. The zero-order chi connectivity index (χ0) is 34.4. The fourth-order valence-electron chi connectivity index (χ4n) is 5.91. The maximum atomic E-state index is 13.8. The molecular formula is C34H43N7O6S. The van der Waals surface area contributed by atoms with E-state index in [0.717, 1.165) is 5.56 Å². The Kier molecular flexibility index (Phi) is 11.2. The molecule has 0 saturated carbocycles. The molecule has 13 nitrogen and oxygen atoms in total. The Morgan fingerprint density at radius 2 is 1.67 bits per heavy atom. The summed E-state index contributed by atoms with van der Waals surface area (Å²) >= 11 is 1.27. The Morgan fingerprint density at radius 1 is 0.938 bits per heavy atom. The molecule has 1 fully saturated rings. The number of nitrogens with one attached hydrogen (secondary N) is 3. The highest BCUT2D eigenvalue weighted by Gasteiger charge is 2.33. The molecular weight excluding hydrogens is 634 g/mol. The first-order valence-corrected chi connectivity index (χ1v) is 17.3. The minimum atomic E-state index is -0.693. The molecule has 3 aromatic rings. The van der Waals surface area contributed by atoms with E-state index in [0.29, 0.717) is 37.4 Å². The van der Waals surface area contributed by atoms with E-state index >= 15 is 0 Å². The summed E-state index contributed by atoms with van der Waals surface area (Å²) in [5.41, 5.74) is 1.13. The van der Waals surface area contributed by atoms with Crippen molar-refractivity contribution in [1.82, 2.24) is 35.7 Å². The highest BCUT2D eigenvalue weighted by Crippen LogP contribution is 2.27. The molecule has 2 aromatic heterocycles. The van der Waals surface area contributed by atoms with Crippen LogP contribution in [0.5, 0.6) is 0 Å². The lowest BCUT2D eigenvalue weighted by molar-refractivity contribution is -0.143. The SMILES string of the molecule is CC(C)C(=O)N1CCC(C(=O)N2CCNC(=O)c3coc(n3)[C@H](Cc3ccccc3)NC(=O)c3csc(n3)[C@H](C(C)C)NC(=O)C2)CC1. The number of fused-ring (bicyclic) bond motifs is 4. The Balaban J connectivity index is 1.40. The van der Waals surface area contributed by atoms with Gasteiger partial charge in [0.25, 0.3) is 11.8 Å². The quantitative estimate of drug-likeness (QED) is 0.371. The molecule has 0 spiro atoms. The standard InChI is InChI=1S/C34H43N7O6S/c1-20(2)28-32-38-26(19-48-32)30(44)36-24(16-22-8-6-5-7-9-22)31-37-25(18-47-31)29(43)35-12-15-41(17-27(42)39-28)34(46)23-10-13-40(14-11-23)33(45)21(3)4/h5-9,18-21,23-24,28H,10-17H2,1-4H3,(H,35,43)(H,36,44)(H,39,42)/t24-,28-/m0/s1. The van der Waals surface area contributed by atoms with Crippen molar-refractivity contribution in [3.05, 3.63) is 69.8 Å². The summed E-state index contributed by atoms with van der Waals surface area (Å²) in [7, 11) is 0. The number of aromatic nitrogens is 2. The van der Waals surface area contributed by atoms with Crippen molar-refractivity contribution in [1.29, 1.82) is 0 Å². The number of carbonyl (C=O) groups is 5. The predicted octanol–water partition coefficient (Wildman–Crippen LogP) is 3.12. The van der Waals surface area contributed by atoms with E-state index in [4.69, 9.17) is 4.42 Å². The van der Waals surface area contributed by atoms with Crippen LogP contribution in [0, 0.1) is 17.8 Å². The molecule has 3 N–H and O–H groups in total. The van der Waals surface area contributed by atoms with E-state index in [-0.39, 0.29) is 72.4 Å². The number of thiazole rings is 1. The Morgan fingerprint density at radius 3 is 2.35 bits per heavy atom. The van der Waals surface area contributed by atoms with Gasteiger partial charge in [-0.25, -0.2) is 9.97 Å². The Hall–Kier alpha value is -4.59. The zero-order valence-corrected chi connectivity index (χ0v) is 28.5. The fourth-order valence-corrected chi connectivity index (χ4v) is 6.93. The van der Waals surface area contributed by atoms with E-state index in [1.54, 1.807) is 10.3 Å². The summed E-state index contributed by atoms with van der Waals surface area (Å²) in [5, 5.41) is 11.0. The number of carbonyl (C=O) groups excluding carboxylic acids is 5. The van der Waals surface area contributed by atoms with Gasteiger partial charge in [0.15, 0.2) is 5.69 Å². The normalized spacial score (nSPS) is 20.2. The third kappa shape index (κ3) is 8.46. The molecule has 4 heterocycles. The molecule has 4 bridgehead atoms. The summed E-state index contributed by atoms with van der Waals surface area (Å²) in [6, 6.07) is 8.34. The van der Waals surface area contributed by atoms with Crippen molar-refractivity contribution >= 4 is 40.9 Å². The maximum Gasteiger partial charge on any atom is 0.273 e. The molecule has 0 radical (unpaired) electrons. The molecule has 5 rings (SSSR count). The van der Waals surface area contributed by atoms with Gasteiger partial charge in [-0.2, -0.15) is 0 Å². The second-order valence-corrected chi connectivity index (χ2v) is 13.8. The van der Waals surface area contributed by atoms with E-state index in [1.807, 2.05) is 58.0 Å². The van der Waals surface area contributed by atoms with Crippen LogP contribution in [0.15, 0.2) is 46.4 Å². The first-order chi connectivity index (χ1) is 23.0. The molecule has 0 unspecified atom stereocenters. The number of rotatable bonds is 5. The second-order valence-electron chi connectivity index (χ2n) is 12.9. The van der Waals surface area contributed by atoms with Gasteiger partial charge in [-0.1, -0.05) is 58.0 Å². The Bertz CT molecular complexity index is 1610. The van der Waals surface area contributed by atoms with Gasteiger partial charge in [-0.05, 0) is 24.3 Å². The van der Waals surface area contributed by atoms with Gasteiger partial charge in [-0.15, -0.1) is 11.3 Å². The van der Waals surface area contributed by atoms with Gasteiger partial charge < -0.3 is 30.2 Å². The molecule has 256 valence electrons. The summed E-state index contributed by atoms with van der Waals surface area (Å²) in [5.74, 6) is -1.87. The highest BCUT2D eigenvalue weighted by molar-refractivity contribution is 7.09. The molecule has 2 atom stereocenters. The molecule has 1 saturated heterocycles. The van der Waals surface area contributed by atoms with Crippen LogP contribution >= 0.6 is 11.3 Å². The van der Waals surface area contributed by atoms with E-state index in [2.05, 4.69) is 25.9 Å².